The predicted molar refractivity (Wildman–Crippen MR) is 146 cm³/mol. The van der Waals surface area contributed by atoms with E-state index in [1.54, 1.807) is 48.5 Å². The molecule has 2 unspecified atom stereocenters. The van der Waals surface area contributed by atoms with Gasteiger partial charge in [-0.05, 0) is 54.4 Å². The summed E-state index contributed by atoms with van der Waals surface area (Å²) in [4.78, 5) is 40.8. The molecule has 38 heavy (non-hydrogen) atoms. The third-order valence-corrected chi connectivity index (χ3v) is 6.38. The lowest BCUT2D eigenvalue weighted by Gasteiger charge is -2.24. The van der Waals surface area contributed by atoms with Crippen molar-refractivity contribution >= 4 is 29.3 Å². The van der Waals surface area contributed by atoms with E-state index < -0.39 is 18.2 Å². The van der Waals surface area contributed by atoms with E-state index in [1.807, 2.05) is 67.6 Å². The lowest BCUT2D eigenvalue weighted by Crippen LogP contribution is -2.43. The summed E-state index contributed by atoms with van der Waals surface area (Å²) in [5.41, 5.74) is 4.22. The largest absolute Gasteiger partial charge is 0.438 e. The summed E-state index contributed by atoms with van der Waals surface area (Å²) in [5, 5.41) is 5.80. The van der Waals surface area contributed by atoms with Crippen molar-refractivity contribution in [1.29, 1.82) is 0 Å². The molecule has 1 fully saturated rings. The van der Waals surface area contributed by atoms with Gasteiger partial charge in [-0.1, -0.05) is 78.4 Å². The molecule has 190 valence electrons. The number of nitrogens with one attached hydrogen (secondary N) is 2. The van der Waals surface area contributed by atoms with Gasteiger partial charge in [-0.2, -0.15) is 0 Å². The van der Waals surface area contributed by atoms with Crippen LogP contribution in [-0.4, -0.2) is 28.8 Å². The summed E-state index contributed by atoms with van der Waals surface area (Å²) < 4.78 is 5.77. The molecule has 0 aromatic heterocycles. The van der Waals surface area contributed by atoms with Gasteiger partial charge in [0.1, 0.15) is 0 Å². The maximum absolute atomic E-state index is 13.6. The molecule has 0 aliphatic carbocycles. The van der Waals surface area contributed by atoms with Crippen LogP contribution in [0.2, 0.25) is 0 Å². The fraction of sp³-hybridized carbons (Fsp3) is 0.129. The molecule has 1 aliphatic rings. The highest BCUT2D eigenvalue weighted by molar-refractivity contribution is 6.04. The Morgan fingerprint density at radius 1 is 0.789 bits per heavy atom. The van der Waals surface area contributed by atoms with Crippen LogP contribution in [0.25, 0.3) is 0 Å². The minimum absolute atomic E-state index is 0.215. The summed E-state index contributed by atoms with van der Waals surface area (Å²) in [7, 11) is 0. The first-order valence-electron chi connectivity index (χ1n) is 12.3. The van der Waals surface area contributed by atoms with Gasteiger partial charge in [0.25, 0.3) is 11.8 Å². The monoisotopic (exact) mass is 505 g/mol. The van der Waals surface area contributed by atoms with Gasteiger partial charge in [-0.25, -0.2) is 4.79 Å². The van der Waals surface area contributed by atoms with E-state index in [0.717, 1.165) is 11.1 Å². The Morgan fingerprint density at radius 3 is 2.16 bits per heavy atom. The quantitative estimate of drug-likeness (QED) is 0.325. The molecular weight excluding hydrogens is 478 g/mol. The number of cyclic esters (lactones) is 1. The number of para-hydroxylation sites is 1. The molecule has 0 bridgehead atoms. The molecule has 2 N–H and O–H groups in total. The fourth-order valence-corrected chi connectivity index (χ4v) is 4.43. The van der Waals surface area contributed by atoms with Crippen LogP contribution in [-0.2, 0) is 16.1 Å². The van der Waals surface area contributed by atoms with Gasteiger partial charge in [-0.15, -0.1) is 0 Å². The topological polar surface area (TPSA) is 87.7 Å². The summed E-state index contributed by atoms with van der Waals surface area (Å²) in [6.07, 6.45) is -1.45. The number of hydrogen-bond donors (Lipinski definition) is 2. The van der Waals surface area contributed by atoms with Gasteiger partial charge in [0.15, 0.2) is 12.1 Å². The number of amides is 3. The summed E-state index contributed by atoms with van der Waals surface area (Å²) in [6.45, 7) is 2.17. The van der Waals surface area contributed by atoms with Gasteiger partial charge in [0.05, 0.1) is 6.54 Å². The number of carbonyl (C=O) groups excluding carboxylic acids is 3. The van der Waals surface area contributed by atoms with Crippen LogP contribution in [0.3, 0.4) is 0 Å². The second-order valence-corrected chi connectivity index (χ2v) is 9.16. The number of benzene rings is 4. The molecule has 0 saturated carbocycles. The second-order valence-electron chi connectivity index (χ2n) is 9.16. The van der Waals surface area contributed by atoms with E-state index in [4.69, 9.17) is 4.74 Å². The van der Waals surface area contributed by atoms with E-state index >= 15 is 0 Å². The number of hydrogen-bond acceptors (Lipinski definition) is 4. The predicted octanol–water partition coefficient (Wildman–Crippen LogP) is 5.95. The molecule has 3 amide bonds. The molecule has 5 rings (SSSR count). The van der Waals surface area contributed by atoms with E-state index in [9.17, 15) is 14.4 Å². The maximum atomic E-state index is 13.6. The van der Waals surface area contributed by atoms with Crippen molar-refractivity contribution < 1.29 is 19.1 Å². The number of aryl methyl sites for hydroxylation is 1. The van der Waals surface area contributed by atoms with Crippen LogP contribution in [0.4, 0.5) is 16.2 Å². The minimum Gasteiger partial charge on any atom is -0.438 e. The van der Waals surface area contributed by atoms with E-state index in [0.29, 0.717) is 22.5 Å². The molecule has 7 heteroatoms. The summed E-state index contributed by atoms with van der Waals surface area (Å²) in [6, 6.07) is 31.9. The zero-order chi connectivity index (χ0) is 26.5. The molecule has 0 radical (unpaired) electrons. The van der Waals surface area contributed by atoms with Crippen molar-refractivity contribution in [2.24, 2.45) is 0 Å². The normalized spacial score (nSPS) is 16.6. The minimum atomic E-state index is -0.925. The molecule has 4 aromatic carbocycles. The summed E-state index contributed by atoms with van der Waals surface area (Å²) in [5.74, 6) is -0.619. The number of rotatable bonds is 7. The first-order valence-corrected chi connectivity index (χ1v) is 12.3. The Kier molecular flexibility index (Phi) is 7.17. The molecule has 0 spiro atoms. The van der Waals surface area contributed by atoms with Crippen LogP contribution >= 0.6 is 0 Å². The van der Waals surface area contributed by atoms with Gasteiger partial charge >= 0.3 is 6.09 Å². The van der Waals surface area contributed by atoms with Crippen LogP contribution in [0.5, 0.6) is 0 Å². The SMILES string of the molecule is Cc1ccc(C(=O)Nc2cccc(C3OC(=O)N(Cc4ccccc4)C3C(=O)Nc3ccccc3)c2)cc1. The number of carbonyl (C=O) groups is 3. The number of nitrogens with zero attached hydrogens (tertiary/aromatic N) is 1. The van der Waals surface area contributed by atoms with Crippen molar-refractivity contribution in [2.75, 3.05) is 10.6 Å². The molecular formula is C31H27N3O4. The van der Waals surface area contributed by atoms with E-state index in [1.165, 1.54) is 4.90 Å². The standard InChI is InChI=1S/C31H27N3O4/c1-21-15-17-23(18-16-21)29(35)33-26-14-8-11-24(19-26)28-27(30(36)32-25-12-6-3-7-13-25)34(31(37)38-28)20-22-9-4-2-5-10-22/h2-19,27-28H,20H2,1H3,(H,32,36)(H,33,35). The highest BCUT2D eigenvalue weighted by Gasteiger charge is 2.47. The first-order chi connectivity index (χ1) is 18.5. The van der Waals surface area contributed by atoms with Crippen LogP contribution in [0.15, 0.2) is 109 Å². The third kappa shape index (κ3) is 5.57. The van der Waals surface area contributed by atoms with Crippen molar-refractivity contribution in [3.05, 3.63) is 131 Å². The highest BCUT2D eigenvalue weighted by atomic mass is 16.6. The van der Waals surface area contributed by atoms with Crippen molar-refractivity contribution in [3.8, 4) is 0 Å². The molecule has 1 heterocycles. The first kappa shape index (κ1) is 24.8. The van der Waals surface area contributed by atoms with Crippen molar-refractivity contribution in [1.82, 2.24) is 4.90 Å². The molecule has 2 atom stereocenters. The fourth-order valence-electron chi connectivity index (χ4n) is 4.43. The number of anilines is 2. The van der Waals surface area contributed by atoms with Gasteiger partial charge in [0, 0.05) is 16.9 Å². The van der Waals surface area contributed by atoms with Crippen LogP contribution < -0.4 is 10.6 Å². The van der Waals surface area contributed by atoms with Gasteiger partial charge in [-0.3, -0.25) is 14.5 Å². The lowest BCUT2D eigenvalue weighted by molar-refractivity contribution is -0.121. The zero-order valence-electron chi connectivity index (χ0n) is 20.8. The van der Waals surface area contributed by atoms with Crippen LogP contribution in [0, 0.1) is 6.92 Å². The maximum Gasteiger partial charge on any atom is 0.411 e. The summed E-state index contributed by atoms with van der Waals surface area (Å²) >= 11 is 0. The second kappa shape index (κ2) is 11.0. The molecule has 1 saturated heterocycles. The highest BCUT2D eigenvalue weighted by Crippen LogP contribution is 2.35. The Hall–Kier alpha value is -4.91. The Morgan fingerprint density at radius 2 is 1.45 bits per heavy atom. The Balaban J connectivity index is 1.42. The van der Waals surface area contributed by atoms with E-state index in [2.05, 4.69) is 10.6 Å². The van der Waals surface area contributed by atoms with Gasteiger partial charge < -0.3 is 15.4 Å². The molecule has 4 aromatic rings. The van der Waals surface area contributed by atoms with Gasteiger partial charge in [0.2, 0.25) is 0 Å². The lowest BCUT2D eigenvalue weighted by atomic mass is 10.00. The van der Waals surface area contributed by atoms with Crippen molar-refractivity contribution in [2.45, 2.75) is 25.6 Å². The average molecular weight is 506 g/mol. The third-order valence-electron chi connectivity index (χ3n) is 6.38. The molecule has 7 nitrogen and oxygen atoms in total. The smallest absolute Gasteiger partial charge is 0.411 e. The van der Waals surface area contributed by atoms with E-state index in [-0.39, 0.29) is 18.4 Å². The Labute approximate surface area is 221 Å². The van der Waals surface area contributed by atoms with Crippen molar-refractivity contribution in [3.63, 3.8) is 0 Å². The Bertz CT molecular complexity index is 1440. The average Bonchev–Trinajstić information content (AvgIpc) is 3.26. The molecule has 1 aliphatic heterocycles. The number of ether oxygens (including phenoxy) is 1. The van der Waals surface area contributed by atoms with Crippen LogP contribution in [0.1, 0.15) is 33.2 Å². The zero-order valence-corrected chi connectivity index (χ0v) is 20.8.